The molecule has 1 amide bonds. The molecule has 0 aliphatic rings. The molecule has 4 nitrogen and oxygen atoms in total. The van der Waals surface area contributed by atoms with E-state index in [1.807, 2.05) is 18.2 Å². The van der Waals surface area contributed by atoms with E-state index in [1.165, 1.54) is 10.9 Å². The van der Waals surface area contributed by atoms with Crippen molar-refractivity contribution in [2.24, 2.45) is 5.73 Å². The smallest absolute Gasteiger partial charge is 0.217 e. The Morgan fingerprint density at radius 2 is 2.10 bits per heavy atom. The maximum atomic E-state index is 10.7. The van der Waals surface area contributed by atoms with Gasteiger partial charge in [0.15, 0.2) is 0 Å². The number of aryl methyl sites for hydroxylation is 1. The molecule has 0 radical (unpaired) electrons. The number of furan rings is 1. The molecule has 21 heavy (non-hydrogen) atoms. The fourth-order valence-electron chi connectivity index (χ4n) is 2.67. The van der Waals surface area contributed by atoms with Gasteiger partial charge in [0.2, 0.25) is 5.91 Å². The number of hydrogen-bond donors (Lipinski definition) is 2. The van der Waals surface area contributed by atoms with Crippen molar-refractivity contribution in [3.05, 3.63) is 35.6 Å². The zero-order valence-electron chi connectivity index (χ0n) is 12.8. The standard InChI is InChI=1S/C17H24N2O2/c1-3-13-14-8-4-5-9-15(14)21-17(13)12(2)19-11-7-6-10-16(18)20/h4-5,8-9,12,19H,3,6-7,10-11H2,1-2H3,(H2,18,20). The first-order chi connectivity index (χ1) is 10.1. The van der Waals surface area contributed by atoms with Gasteiger partial charge in [0, 0.05) is 17.4 Å². The van der Waals surface area contributed by atoms with E-state index in [2.05, 4.69) is 25.2 Å². The second-order valence-electron chi connectivity index (χ2n) is 5.39. The van der Waals surface area contributed by atoms with E-state index < -0.39 is 0 Å². The Kier molecular flexibility index (Phi) is 5.39. The Bertz CT molecular complexity index is 604. The molecule has 1 heterocycles. The molecule has 0 saturated carbocycles. The van der Waals surface area contributed by atoms with Gasteiger partial charge in [-0.1, -0.05) is 25.1 Å². The third-order valence-corrected chi connectivity index (χ3v) is 3.78. The molecule has 2 rings (SSSR count). The minimum Gasteiger partial charge on any atom is -0.459 e. The highest BCUT2D eigenvalue weighted by Crippen LogP contribution is 2.30. The normalized spacial score (nSPS) is 12.7. The number of nitrogens with two attached hydrogens (primary N) is 1. The predicted octanol–water partition coefficient (Wildman–Crippen LogP) is 3.30. The Hall–Kier alpha value is -1.81. The molecule has 1 unspecified atom stereocenters. The van der Waals surface area contributed by atoms with Gasteiger partial charge in [0.1, 0.15) is 11.3 Å². The number of unbranched alkanes of at least 4 members (excludes halogenated alkanes) is 1. The van der Waals surface area contributed by atoms with Gasteiger partial charge in [-0.2, -0.15) is 0 Å². The quantitative estimate of drug-likeness (QED) is 0.732. The van der Waals surface area contributed by atoms with E-state index >= 15 is 0 Å². The molecule has 4 heteroatoms. The minimum absolute atomic E-state index is 0.168. The highest BCUT2D eigenvalue weighted by molar-refractivity contribution is 5.82. The average Bonchev–Trinajstić information content (AvgIpc) is 2.85. The molecule has 1 aromatic carbocycles. The van der Waals surface area contributed by atoms with Crippen molar-refractivity contribution in [3.63, 3.8) is 0 Å². The van der Waals surface area contributed by atoms with Crippen LogP contribution in [-0.4, -0.2) is 12.5 Å². The van der Waals surface area contributed by atoms with Gasteiger partial charge in [0.25, 0.3) is 0 Å². The Balaban J connectivity index is 1.99. The first-order valence-electron chi connectivity index (χ1n) is 7.65. The molecule has 114 valence electrons. The SMILES string of the molecule is CCc1c(C(C)NCCCCC(N)=O)oc2ccccc12. The van der Waals surface area contributed by atoms with Crippen LogP contribution < -0.4 is 11.1 Å². The number of nitrogens with one attached hydrogen (secondary N) is 1. The summed E-state index contributed by atoms with van der Waals surface area (Å²) in [7, 11) is 0. The van der Waals surface area contributed by atoms with Crippen molar-refractivity contribution in [2.45, 2.75) is 45.6 Å². The number of amides is 1. The molecule has 0 fully saturated rings. The number of para-hydroxylation sites is 1. The van der Waals surface area contributed by atoms with Crippen molar-refractivity contribution < 1.29 is 9.21 Å². The zero-order chi connectivity index (χ0) is 15.2. The number of hydrogen-bond acceptors (Lipinski definition) is 3. The minimum atomic E-state index is -0.228. The third kappa shape index (κ3) is 3.85. The van der Waals surface area contributed by atoms with Crippen LogP contribution in [0, 0.1) is 0 Å². The van der Waals surface area contributed by atoms with Gasteiger partial charge in [0.05, 0.1) is 6.04 Å². The number of primary amides is 1. The highest BCUT2D eigenvalue weighted by Gasteiger charge is 2.17. The summed E-state index contributed by atoms with van der Waals surface area (Å²) in [5.41, 5.74) is 7.36. The van der Waals surface area contributed by atoms with E-state index in [9.17, 15) is 4.79 Å². The molecule has 0 bridgehead atoms. The summed E-state index contributed by atoms with van der Waals surface area (Å²) in [6.07, 6.45) is 3.19. The molecule has 0 aliphatic carbocycles. The lowest BCUT2D eigenvalue weighted by Gasteiger charge is -2.13. The third-order valence-electron chi connectivity index (χ3n) is 3.78. The van der Waals surface area contributed by atoms with Crippen LogP contribution in [0.15, 0.2) is 28.7 Å². The van der Waals surface area contributed by atoms with Crippen LogP contribution in [0.5, 0.6) is 0 Å². The van der Waals surface area contributed by atoms with Gasteiger partial charge in [-0.25, -0.2) is 0 Å². The predicted molar refractivity (Wildman–Crippen MR) is 85.1 cm³/mol. The summed E-state index contributed by atoms with van der Waals surface area (Å²) in [4.78, 5) is 10.7. The van der Waals surface area contributed by atoms with Crippen molar-refractivity contribution in [1.82, 2.24) is 5.32 Å². The van der Waals surface area contributed by atoms with E-state index in [4.69, 9.17) is 10.2 Å². The maximum Gasteiger partial charge on any atom is 0.217 e. The van der Waals surface area contributed by atoms with E-state index in [-0.39, 0.29) is 11.9 Å². The number of fused-ring (bicyclic) bond motifs is 1. The molecule has 1 aromatic heterocycles. The molecule has 2 aromatic rings. The topological polar surface area (TPSA) is 68.3 Å². The zero-order valence-corrected chi connectivity index (χ0v) is 12.8. The summed E-state index contributed by atoms with van der Waals surface area (Å²) < 4.78 is 6.01. The summed E-state index contributed by atoms with van der Waals surface area (Å²) in [6, 6.07) is 8.33. The van der Waals surface area contributed by atoms with Crippen molar-refractivity contribution >= 4 is 16.9 Å². The molecular weight excluding hydrogens is 264 g/mol. The van der Waals surface area contributed by atoms with Crippen LogP contribution in [0.1, 0.15) is 50.5 Å². The average molecular weight is 288 g/mol. The number of benzene rings is 1. The molecule has 0 aliphatic heterocycles. The second kappa shape index (κ2) is 7.27. The van der Waals surface area contributed by atoms with Crippen LogP contribution in [0.2, 0.25) is 0 Å². The van der Waals surface area contributed by atoms with Crippen LogP contribution >= 0.6 is 0 Å². The van der Waals surface area contributed by atoms with Gasteiger partial charge in [-0.15, -0.1) is 0 Å². The fraction of sp³-hybridized carbons (Fsp3) is 0.471. The summed E-state index contributed by atoms with van der Waals surface area (Å²) in [5.74, 6) is 0.794. The summed E-state index contributed by atoms with van der Waals surface area (Å²) >= 11 is 0. The van der Waals surface area contributed by atoms with Crippen LogP contribution in [0.3, 0.4) is 0 Å². The Labute approximate surface area is 125 Å². The Morgan fingerprint density at radius 1 is 1.33 bits per heavy atom. The van der Waals surface area contributed by atoms with E-state index in [1.54, 1.807) is 0 Å². The first kappa shape index (κ1) is 15.6. The number of carbonyl (C=O) groups is 1. The van der Waals surface area contributed by atoms with Gasteiger partial charge in [-0.3, -0.25) is 4.79 Å². The van der Waals surface area contributed by atoms with Crippen molar-refractivity contribution in [2.75, 3.05) is 6.54 Å². The number of carbonyl (C=O) groups excluding carboxylic acids is 1. The molecule has 0 saturated heterocycles. The summed E-state index contributed by atoms with van der Waals surface area (Å²) in [6.45, 7) is 5.12. The van der Waals surface area contributed by atoms with Gasteiger partial charge >= 0.3 is 0 Å². The maximum absolute atomic E-state index is 10.7. The van der Waals surface area contributed by atoms with Crippen molar-refractivity contribution in [1.29, 1.82) is 0 Å². The lowest BCUT2D eigenvalue weighted by molar-refractivity contribution is -0.118. The molecule has 0 spiro atoms. The van der Waals surface area contributed by atoms with Crippen LogP contribution in [-0.2, 0) is 11.2 Å². The van der Waals surface area contributed by atoms with E-state index in [0.29, 0.717) is 6.42 Å². The van der Waals surface area contributed by atoms with Crippen LogP contribution in [0.25, 0.3) is 11.0 Å². The van der Waals surface area contributed by atoms with E-state index in [0.717, 1.165) is 37.2 Å². The van der Waals surface area contributed by atoms with Gasteiger partial charge in [-0.05, 0) is 38.8 Å². The fourth-order valence-corrected chi connectivity index (χ4v) is 2.67. The highest BCUT2D eigenvalue weighted by atomic mass is 16.3. The second-order valence-corrected chi connectivity index (χ2v) is 5.39. The monoisotopic (exact) mass is 288 g/mol. The lowest BCUT2D eigenvalue weighted by Crippen LogP contribution is -2.20. The number of rotatable bonds is 8. The largest absolute Gasteiger partial charge is 0.459 e. The van der Waals surface area contributed by atoms with Crippen LogP contribution in [0.4, 0.5) is 0 Å². The first-order valence-corrected chi connectivity index (χ1v) is 7.65. The van der Waals surface area contributed by atoms with Crippen molar-refractivity contribution in [3.8, 4) is 0 Å². The Morgan fingerprint density at radius 3 is 2.81 bits per heavy atom. The van der Waals surface area contributed by atoms with Gasteiger partial charge < -0.3 is 15.5 Å². The molecule has 1 atom stereocenters. The summed E-state index contributed by atoms with van der Waals surface area (Å²) in [5, 5.41) is 4.67. The molecular formula is C17H24N2O2. The lowest BCUT2D eigenvalue weighted by atomic mass is 10.0. The molecule has 3 N–H and O–H groups in total.